The molecule has 104 valence electrons. The molecule has 0 spiro atoms. The Morgan fingerprint density at radius 1 is 1.00 bits per heavy atom. The van der Waals surface area contributed by atoms with Crippen molar-refractivity contribution in [1.29, 1.82) is 0 Å². The standard InChI is InChI=1S/C16H21NO.ClH/c1-11(2)3-8-16(17)14-5-4-13-10-15(18)7-6-12(13)9-14;/h4-7,9-11,16,18H,3,8,17H2,1-2H3;1H/t16-;/m0./s1. The van der Waals surface area contributed by atoms with Gasteiger partial charge in [-0.25, -0.2) is 0 Å². The molecule has 3 N–H and O–H groups in total. The minimum Gasteiger partial charge on any atom is -0.508 e. The van der Waals surface area contributed by atoms with E-state index in [0.29, 0.717) is 11.7 Å². The fourth-order valence-corrected chi connectivity index (χ4v) is 2.16. The van der Waals surface area contributed by atoms with Gasteiger partial charge in [-0.2, -0.15) is 0 Å². The van der Waals surface area contributed by atoms with Gasteiger partial charge in [0, 0.05) is 6.04 Å². The molecule has 0 saturated heterocycles. The van der Waals surface area contributed by atoms with Gasteiger partial charge < -0.3 is 10.8 Å². The fraction of sp³-hybridized carbons (Fsp3) is 0.375. The molecule has 0 amide bonds. The minimum atomic E-state index is 0. The molecular formula is C16H22ClNO. The number of hydrogen-bond donors (Lipinski definition) is 2. The van der Waals surface area contributed by atoms with Crippen LogP contribution in [-0.2, 0) is 0 Å². The highest BCUT2D eigenvalue weighted by Gasteiger charge is 2.08. The van der Waals surface area contributed by atoms with Gasteiger partial charge in [-0.15, -0.1) is 12.4 Å². The van der Waals surface area contributed by atoms with Crippen LogP contribution in [0.5, 0.6) is 5.75 Å². The van der Waals surface area contributed by atoms with E-state index >= 15 is 0 Å². The van der Waals surface area contributed by atoms with Crippen molar-refractivity contribution in [3.63, 3.8) is 0 Å². The van der Waals surface area contributed by atoms with Crippen LogP contribution in [0.1, 0.15) is 38.3 Å². The predicted octanol–water partition coefficient (Wildman–Crippen LogP) is 4.40. The highest BCUT2D eigenvalue weighted by Crippen LogP contribution is 2.25. The second kappa shape index (κ2) is 6.78. The van der Waals surface area contributed by atoms with E-state index in [2.05, 4.69) is 26.0 Å². The lowest BCUT2D eigenvalue weighted by atomic mass is 9.96. The smallest absolute Gasteiger partial charge is 0.116 e. The number of nitrogens with two attached hydrogens (primary N) is 1. The van der Waals surface area contributed by atoms with Gasteiger partial charge in [0.2, 0.25) is 0 Å². The lowest BCUT2D eigenvalue weighted by molar-refractivity contribution is 0.476. The number of halogens is 1. The number of benzene rings is 2. The molecule has 0 unspecified atom stereocenters. The van der Waals surface area contributed by atoms with E-state index < -0.39 is 0 Å². The van der Waals surface area contributed by atoms with Crippen molar-refractivity contribution in [2.24, 2.45) is 11.7 Å². The quantitative estimate of drug-likeness (QED) is 0.871. The maximum Gasteiger partial charge on any atom is 0.116 e. The van der Waals surface area contributed by atoms with Gasteiger partial charge in [0.1, 0.15) is 5.75 Å². The largest absolute Gasteiger partial charge is 0.508 e. The third kappa shape index (κ3) is 4.12. The summed E-state index contributed by atoms with van der Waals surface area (Å²) in [7, 11) is 0. The molecular weight excluding hydrogens is 258 g/mol. The SMILES string of the molecule is CC(C)CC[C@H](N)c1ccc2cc(O)ccc2c1.Cl. The van der Waals surface area contributed by atoms with E-state index in [4.69, 9.17) is 5.73 Å². The van der Waals surface area contributed by atoms with Crippen molar-refractivity contribution < 1.29 is 5.11 Å². The molecule has 19 heavy (non-hydrogen) atoms. The summed E-state index contributed by atoms with van der Waals surface area (Å²) >= 11 is 0. The summed E-state index contributed by atoms with van der Waals surface area (Å²) in [6, 6.07) is 11.7. The van der Waals surface area contributed by atoms with Crippen LogP contribution in [-0.4, -0.2) is 5.11 Å². The van der Waals surface area contributed by atoms with Gasteiger partial charge in [-0.05, 0) is 53.3 Å². The molecule has 2 aromatic carbocycles. The topological polar surface area (TPSA) is 46.2 Å². The Morgan fingerprint density at radius 3 is 2.32 bits per heavy atom. The van der Waals surface area contributed by atoms with E-state index in [0.717, 1.165) is 23.6 Å². The first-order valence-electron chi connectivity index (χ1n) is 6.54. The molecule has 0 fully saturated rings. The zero-order valence-corrected chi connectivity index (χ0v) is 12.3. The van der Waals surface area contributed by atoms with Crippen molar-refractivity contribution in [2.45, 2.75) is 32.7 Å². The van der Waals surface area contributed by atoms with E-state index in [9.17, 15) is 5.11 Å². The molecule has 0 aromatic heterocycles. The first-order valence-corrected chi connectivity index (χ1v) is 6.54. The van der Waals surface area contributed by atoms with E-state index in [1.165, 1.54) is 5.56 Å². The van der Waals surface area contributed by atoms with Gasteiger partial charge >= 0.3 is 0 Å². The zero-order chi connectivity index (χ0) is 13.1. The zero-order valence-electron chi connectivity index (χ0n) is 11.5. The van der Waals surface area contributed by atoms with Crippen LogP contribution < -0.4 is 5.73 Å². The van der Waals surface area contributed by atoms with Crippen LogP contribution in [0.2, 0.25) is 0 Å². The van der Waals surface area contributed by atoms with Crippen LogP contribution in [0.15, 0.2) is 36.4 Å². The molecule has 0 bridgehead atoms. The second-order valence-corrected chi connectivity index (χ2v) is 5.37. The number of phenols is 1. The number of hydrogen-bond acceptors (Lipinski definition) is 2. The molecule has 2 rings (SSSR count). The van der Waals surface area contributed by atoms with Crippen molar-refractivity contribution in [3.8, 4) is 5.75 Å². The molecule has 0 saturated carbocycles. The summed E-state index contributed by atoms with van der Waals surface area (Å²) in [5.74, 6) is 0.993. The van der Waals surface area contributed by atoms with Crippen molar-refractivity contribution in [3.05, 3.63) is 42.0 Å². The molecule has 0 aliphatic carbocycles. The van der Waals surface area contributed by atoms with Gasteiger partial charge in [0.05, 0.1) is 0 Å². The number of phenolic OH excluding ortho intramolecular Hbond substituents is 1. The first-order chi connectivity index (χ1) is 8.56. The van der Waals surface area contributed by atoms with Crippen molar-refractivity contribution in [2.75, 3.05) is 0 Å². The van der Waals surface area contributed by atoms with E-state index in [-0.39, 0.29) is 18.4 Å². The number of aromatic hydroxyl groups is 1. The average Bonchev–Trinajstić information content (AvgIpc) is 2.35. The molecule has 3 heteroatoms. The normalized spacial score (nSPS) is 12.4. The maximum atomic E-state index is 9.43. The summed E-state index contributed by atoms with van der Waals surface area (Å²) in [6.45, 7) is 4.44. The van der Waals surface area contributed by atoms with E-state index in [1.54, 1.807) is 12.1 Å². The third-order valence-corrected chi connectivity index (χ3v) is 3.33. The van der Waals surface area contributed by atoms with Crippen LogP contribution in [0, 0.1) is 5.92 Å². The molecule has 0 radical (unpaired) electrons. The maximum absolute atomic E-state index is 9.43. The Labute approximate surface area is 121 Å². The Bertz CT molecular complexity index is 539. The average molecular weight is 280 g/mol. The molecule has 2 nitrogen and oxygen atoms in total. The number of fused-ring (bicyclic) bond motifs is 1. The van der Waals surface area contributed by atoms with Gasteiger partial charge in [0.15, 0.2) is 0 Å². The Kier molecular flexibility index (Phi) is 5.64. The summed E-state index contributed by atoms with van der Waals surface area (Å²) in [6.07, 6.45) is 2.16. The molecule has 2 aromatic rings. The Hall–Kier alpha value is -1.25. The van der Waals surface area contributed by atoms with Gasteiger partial charge in [0.25, 0.3) is 0 Å². The van der Waals surface area contributed by atoms with E-state index in [1.807, 2.05) is 12.1 Å². The highest BCUT2D eigenvalue weighted by molar-refractivity contribution is 5.85. The first kappa shape index (κ1) is 15.8. The van der Waals surface area contributed by atoms with Crippen LogP contribution in [0.25, 0.3) is 10.8 Å². The molecule has 0 heterocycles. The molecule has 0 aliphatic rings. The lowest BCUT2D eigenvalue weighted by Gasteiger charge is -2.14. The van der Waals surface area contributed by atoms with Crippen LogP contribution in [0.4, 0.5) is 0 Å². The summed E-state index contributed by atoms with van der Waals surface area (Å²) in [5.41, 5.74) is 7.39. The van der Waals surface area contributed by atoms with Crippen molar-refractivity contribution >= 4 is 23.2 Å². The third-order valence-electron chi connectivity index (χ3n) is 3.33. The lowest BCUT2D eigenvalue weighted by Crippen LogP contribution is -2.11. The van der Waals surface area contributed by atoms with Gasteiger partial charge in [-0.3, -0.25) is 0 Å². The Balaban J connectivity index is 0.00000180. The highest BCUT2D eigenvalue weighted by atomic mass is 35.5. The van der Waals surface area contributed by atoms with Crippen LogP contribution >= 0.6 is 12.4 Å². The number of rotatable bonds is 4. The predicted molar refractivity (Wildman–Crippen MR) is 83.9 cm³/mol. The summed E-state index contributed by atoms with van der Waals surface area (Å²) < 4.78 is 0. The summed E-state index contributed by atoms with van der Waals surface area (Å²) in [5, 5.41) is 11.6. The summed E-state index contributed by atoms with van der Waals surface area (Å²) in [4.78, 5) is 0. The van der Waals surface area contributed by atoms with Gasteiger partial charge in [-0.1, -0.05) is 32.0 Å². The molecule has 0 aliphatic heterocycles. The molecule has 1 atom stereocenters. The van der Waals surface area contributed by atoms with Crippen LogP contribution in [0.3, 0.4) is 0 Å². The van der Waals surface area contributed by atoms with Crippen molar-refractivity contribution in [1.82, 2.24) is 0 Å². The second-order valence-electron chi connectivity index (χ2n) is 5.37. The monoisotopic (exact) mass is 279 g/mol. The fourth-order valence-electron chi connectivity index (χ4n) is 2.16. The Morgan fingerprint density at radius 2 is 1.63 bits per heavy atom. The minimum absolute atomic E-state index is 0.